The second kappa shape index (κ2) is 7.65. The predicted octanol–water partition coefficient (Wildman–Crippen LogP) is 3.84. The van der Waals surface area contributed by atoms with Crippen LogP contribution in [0.5, 0.6) is 0 Å². The maximum atomic E-state index is 11.9. The van der Waals surface area contributed by atoms with Gasteiger partial charge in [0.25, 0.3) is 0 Å². The Kier molecular flexibility index (Phi) is 5.86. The Morgan fingerprint density at radius 2 is 2.10 bits per heavy atom. The molecule has 0 aliphatic heterocycles. The van der Waals surface area contributed by atoms with Crippen molar-refractivity contribution in [2.24, 2.45) is 5.92 Å². The van der Waals surface area contributed by atoms with E-state index in [9.17, 15) is 4.79 Å². The highest BCUT2D eigenvalue weighted by molar-refractivity contribution is 6.30. The summed E-state index contributed by atoms with van der Waals surface area (Å²) in [5, 5.41) is 6.90. The minimum atomic E-state index is -0.0105. The minimum absolute atomic E-state index is 0.0105. The van der Waals surface area contributed by atoms with Crippen molar-refractivity contribution < 1.29 is 4.79 Å². The molecule has 0 spiro atoms. The van der Waals surface area contributed by atoms with Gasteiger partial charge in [0.1, 0.15) is 0 Å². The molecule has 4 heteroatoms. The smallest absolute Gasteiger partial charge is 0.238 e. The van der Waals surface area contributed by atoms with Gasteiger partial charge < -0.3 is 10.6 Å². The SMILES string of the molecule is CC1CCCCCC1NCC(=O)Nc1cccc(Cl)c1. The Morgan fingerprint density at radius 3 is 2.90 bits per heavy atom. The molecule has 0 bridgehead atoms. The maximum absolute atomic E-state index is 11.9. The van der Waals surface area contributed by atoms with Crippen molar-refractivity contribution in [3.05, 3.63) is 29.3 Å². The first kappa shape index (κ1) is 15.3. The van der Waals surface area contributed by atoms with E-state index >= 15 is 0 Å². The van der Waals surface area contributed by atoms with Gasteiger partial charge in [0.15, 0.2) is 0 Å². The molecule has 20 heavy (non-hydrogen) atoms. The summed E-state index contributed by atoms with van der Waals surface area (Å²) in [6.45, 7) is 2.64. The number of carbonyl (C=O) groups excluding carboxylic acids is 1. The molecule has 1 aliphatic rings. The average molecular weight is 295 g/mol. The van der Waals surface area contributed by atoms with Gasteiger partial charge in [-0.05, 0) is 37.0 Å². The topological polar surface area (TPSA) is 41.1 Å². The van der Waals surface area contributed by atoms with Crippen molar-refractivity contribution in [1.29, 1.82) is 0 Å². The number of benzene rings is 1. The lowest BCUT2D eigenvalue weighted by molar-refractivity contribution is -0.115. The third-order valence-electron chi connectivity index (χ3n) is 3.99. The highest BCUT2D eigenvalue weighted by atomic mass is 35.5. The van der Waals surface area contributed by atoms with E-state index in [0.717, 1.165) is 5.69 Å². The summed E-state index contributed by atoms with van der Waals surface area (Å²) < 4.78 is 0. The molecule has 1 fully saturated rings. The number of nitrogens with one attached hydrogen (secondary N) is 2. The van der Waals surface area contributed by atoms with E-state index in [0.29, 0.717) is 23.5 Å². The van der Waals surface area contributed by atoms with Gasteiger partial charge in [-0.15, -0.1) is 0 Å². The Bertz CT molecular complexity index is 450. The third kappa shape index (κ3) is 4.80. The lowest BCUT2D eigenvalue weighted by atomic mass is 9.97. The first-order chi connectivity index (χ1) is 9.65. The van der Waals surface area contributed by atoms with Crippen LogP contribution in [0.1, 0.15) is 39.0 Å². The van der Waals surface area contributed by atoms with Gasteiger partial charge in [0.05, 0.1) is 6.54 Å². The van der Waals surface area contributed by atoms with Crippen LogP contribution in [0.3, 0.4) is 0 Å². The van der Waals surface area contributed by atoms with Crippen LogP contribution in [0.25, 0.3) is 0 Å². The first-order valence-corrected chi connectivity index (χ1v) is 7.82. The quantitative estimate of drug-likeness (QED) is 0.829. The molecule has 1 saturated carbocycles. The van der Waals surface area contributed by atoms with Crippen LogP contribution in [0, 0.1) is 5.92 Å². The number of rotatable bonds is 4. The van der Waals surface area contributed by atoms with Crippen molar-refractivity contribution in [2.45, 2.75) is 45.1 Å². The molecule has 2 rings (SSSR count). The zero-order valence-electron chi connectivity index (χ0n) is 12.0. The van der Waals surface area contributed by atoms with Gasteiger partial charge >= 0.3 is 0 Å². The molecule has 1 aromatic rings. The lowest BCUT2D eigenvalue weighted by Crippen LogP contribution is -2.39. The molecular formula is C16H23ClN2O. The van der Waals surface area contributed by atoms with Crippen LogP contribution >= 0.6 is 11.6 Å². The first-order valence-electron chi connectivity index (χ1n) is 7.44. The van der Waals surface area contributed by atoms with Gasteiger partial charge in [-0.3, -0.25) is 4.79 Å². The summed E-state index contributed by atoms with van der Waals surface area (Å²) in [6, 6.07) is 7.69. The number of hydrogen-bond donors (Lipinski definition) is 2. The van der Waals surface area contributed by atoms with E-state index in [2.05, 4.69) is 17.6 Å². The van der Waals surface area contributed by atoms with Crippen LogP contribution < -0.4 is 10.6 Å². The Balaban J connectivity index is 1.79. The maximum Gasteiger partial charge on any atom is 0.238 e. The van der Waals surface area contributed by atoms with Crippen molar-refractivity contribution in [1.82, 2.24) is 5.32 Å². The Labute approximate surface area is 126 Å². The number of carbonyl (C=O) groups is 1. The third-order valence-corrected chi connectivity index (χ3v) is 4.23. The Morgan fingerprint density at radius 1 is 1.30 bits per heavy atom. The molecule has 1 aliphatic carbocycles. The van der Waals surface area contributed by atoms with Crippen LogP contribution in [0.4, 0.5) is 5.69 Å². The second-order valence-corrected chi connectivity index (χ2v) is 6.10. The fraction of sp³-hybridized carbons (Fsp3) is 0.562. The van der Waals surface area contributed by atoms with E-state index in [4.69, 9.17) is 11.6 Å². The number of anilines is 1. The van der Waals surface area contributed by atoms with Gasteiger partial charge in [-0.1, -0.05) is 43.9 Å². The highest BCUT2D eigenvalue weighted by Gasteiger charge is 2.19. The summed E-state index contributed by atoms with van der Waals surface area (Å²) in [6.07, 6.45) is 6.32. The van der Waals surface area contributed by atoms with E-state index in [1.807, 2.05) is 12.1 Å². The zero-order chi connectivity index (χ0) is 14.4. The van der Waals surface area contributed by atoms with Crippen LogP contribution in [-0.2, 0) is 4.79 Å². The summed E-state index contributed by atoms with van der Waals surface area (Å²) >= 11 is 5.90. The van der Waals surface area contributed by atoms with Gasteiger partial charge in [0, 0.05) is 16.8 Å². The lowest BCUT2D eigenvalue weighted by Gasteiger charge is -2.22. The molecule has 0 saturated heterocycles. The molecular weight excluding hydrogens is 272 g/mol. The summed E-state index contributed by atoms with van der Waals surface area (Å²) in [5.41, 5.74) is 0.748. The largest absolute Gasteiger partial charge is 0.325 e. The number of halogens is 1. The highest BCUT2D eigenvalue weighted by Crippen LogP contribution is 2.22. The Hall–Kier alpha value is -1.06. The second-order valence-electron chi connectivity index (χ2n) is 5.66. The summed E-state index contributed by atoms with van der Waals surface area (Å²) in [7, 11) is 0. The van der Waals surface area contributed by atoms with Gasteiger partial charge in [0.2, 0.25) is 5.91 Å². The molecule has 3 nitrogen and oxygen atoms in total. The van der Waals surface area contributed by atoms with Crippen molar-refractivity contribution >= 4 is 23.2 Å². The van der Waals surface area contributed by atoms with Crippen molar-refractivity contribution in [3.8, 4) is 0 Å². The molecule has 2 unspecified atom stereocenters. The molecule has 1 aromatic carbocycles. The molecule has 0 radical (unpaired) electrons. The monoisotopic (exact) mass is 294 g/mol. The fourth-order valence-electron chi connectivity index (χ4n) is 2.79. The van der Waals surface area contributed by atoms with Gasteiger partial charge in [-0.25, -0.2) is 0 Å². The minimum Gasteiger partial charge on any atom is -0.325 e. The van der Waals surface area contributed by atoms with Crippen LogP contribution in [0.15, 0.2) is 24.3 Å². The van der Waals surface area contributed by atoms with E-state index < -0.39 is 0 Å². The fourth-order valence-corrected chi connectivity index (χ4v) is 2.98. The average Bonchev–Trinajstić information content (AvgIpc) is 2.61. The number of amides is 1. The molecule has 0 aromatic heterocycles. The van der Waals surface area contributed by atoms with Crippen molar-refractivity contribution in [3.63, 3.8) is 0 Å². The molecule has 0 heterocycles. The van der Waals surface area contributed by atoms with Crippen LogP contribution in [-0.4, -0.2) is 18.5 Å². The molecule has 2 atom stereocenters. The summed E-state index contributed by atoms with van der Waals surface area (Å²) in [5.74, 6) is 0.639. The molecule has 2 N–H and O–H groups in total. The predicted molar refractivity (Wildman–Crippen MR) is 84.1 cm³/mol. The standard InChI is InChI=1S/C16H23ClN2O/c1-12-6-3-2-4-9-15(12)18-11-16(20)19-14-8-5-7-13(17)10-14/h5,7-8,10,12,15,18H,2-4,6,9,11H2,1H3,(H,19,20). The van der Waals surface area contributed by atoms with Crippen LogP contribution in [0.2, 0.25) is 5.02 Å². The molecule has 110 valence electrons. The van der Waals surface area contributed by atoms with Crippen molar-refractivity contribution in [2.75, 3.05) is 11.9 Å². The normalized spacial score (nSPS) is 23.1. The van der Waals surface area contributed by atoms with Gasteiger partial charge in [-0.2, -0.15) is 0 Å². The number of hydrogen-bond acceptors (Lipinski definition) is 2. The van der Waals surface area contributed by atoms with E-state index in [-0.39, 0.29) is 5.91 Å². The molecule has 1 amide bonds. The van der Waals surface area contributed by atoms with E-state index in [1.54, 1.807) is 12.1 Å². The summed E-state index contributed by atoms with van der Waals surface area (Å²) in [4.78, 5) is 11.9. The van der Waals surface area contributed by atoms with E-state index in [1.165, 1.54) is 32.1 Å². The zero-order valence-corrected chi connectivity index (χ0v) is 12.7.